The highest BCUT2D eigenvalue weighted by atomic mass is 19.2. The van der Waals surface area contributed by atoms with E-state index in [1.54, 1.807) is 0 Å². The molecular formula is C23H14F5N3O5. The molecule has 2 bridgehead atoms. The van der Waals surface area contributed by atoms with E-state index in [-0.39, 0.29) is 24.6 Å². The van der Waals surface area contributed by atoms with Gasteiger partial charge in [-0.1, -0.05) is 0 Å². The van der Waals surface area contributed by atoms with Crippen LogP contribution in [0.5, 0.6) is 11.5 Å². The SMILES string of the molecule is O=C(NCc1c(F)cc(F)cc1F)c1cn2c(c(O)c1=O)C(=O)N1C[C@@H]2COc2cc(F)c(F)cc21. The minimum Gasteiger partial charge on any atom is -0.503 e. The number of ether oxygens (including phenoxy) is 1. The van der Waals surface area contributed by atoms with E-state index in [9.17, 15) is 41.4 Å². The number of aromatic hydroxyl groups is 1. The summed E-state index contributed by atoms with van der Waals surface area (Å²) < 4.78 is 75.1. The van der Waals surface area contributed by atoms with Crippen molar-refractivity contribution in [2.75, 3.05) is 18.1 Å². The Balaban J connectivity index is 1.51. The average Bonchev–Trinajstić information content (AvgIpc) is 2.97. The van der Waals surface area contributed by atoms with Gasteiger partial charge >= 0.3 is 0 Å². The van der Waals surface area contributed by atoms with E-state index < -0.39 is 81.5 Å². The zero-order chi connectivity index (χ0) is 25.9. The lowest BCUT2D eigenvalue weighted by atomic mass is 10.1. The lowest BCUT2D eigenvalue weighted by molar-refractivity contribution is 0.0926. The molecule has 3 aromatic rings. The Kier molecular flexibility index (Phi) is 5.42. The smallest absolute Gasteiger partial charge is 0.279 e. The topological polar surface area (TPSA) is 101 Å². The number of anilines is 1. The molecule has 2 aliphatic rings. The van der Waals surface area contributed by atoms with Crippen LogP contribution in [0.3, 0.4) is 0 Å². The van der Waals surface area contributed by atoms with Gasteiger partial charge in [0.1, 0.15) is 35.4 Å². The number of aromatic nitrogens is 1. The molecule has 0 aliphatic carbocycles. The van der Waals surface area contributed by atoms with Crippen molar-refractivity contribution in [3.63, 3.8) is 0 Å². The first-order valence-electron chi connectivity index (χ1n) is 10.4. The molecule has 2 N–H and O–H groups in total. The number of hydrogen-bond donors (Lipinski definition) is 2. The summed E-state index contributed by atoms with van der Waals surface area (Å²) in [5.74, 6) is -9.41. The first-order chi connectivity index (χ1) is 17.1. The van der Waals surface area contributed by atoms with E-state index in [1.807, 2.05) is 0 Å². The first kappa shape index (κ1) is 23.3. The Morgan fingerprint density at radius 2 is 1.69 bits per heavy atom. The standard InChI is InChI=1S/C23H14F5N3O5/c24-9-1-13(25)11(14(26)2-9)5-29-22(34)12-7-30-10-6-31(23(35)19(30)21(33)20(12)32)17-3-15(27)16(28)4-18(17)36-8-10/h1-4,7,10,33H,5-6,8H2,(H,29,34)/t10-/m1/s1. The number of carbonyl (C=O) groups excluding carboxylic acids is 2. The molecule has 2 amide bonds. The van der Waals surface area contributed by atoms with Crippen molar-refractivity contribution in [3.8, 4) is 11.5 Å². The second-order valence-corrected chi connectivity index (χ2v) is 8.12. The largest absolute Gasteiger partial charge is 0.503 e. The molecule has 36 heavy (non-hydrogen) atoms. The Bertz CT molecular complexity index is 1500. The van der Waals surface area contributed by atoms with Crippen molar-refractivity contribution >= 4 is 17.5 Å². The summed E-state index contributed by atoms with van der Waals surface area (Å²) in [4.78, 5) is 39.6. The van der Waals surface area contributed by atoms with Crippen LogP contribution in [-0.2, 0) is 6.54 Å². The maximum absolute atomic E-state index is 13.9. The normalized spacial score (nSPS) is 16.1. The molecule has 2 aromatic carbocycles. The van der Waals surface area contributed by atoms with Crippen LogP contribution in [0.1, 0.15) is 32.5 Å². The third-order valence-electron chi connectivity index (χ3n) is 5.94. The number of fused-ring (bicyclic) bond motifs is 6. The number of amides is 2. The molecule has 0 radical (unpaired) electrons. The van der Waals surface area contributed by atoms with Crippen LogP contribution in [-0.4, -0.2) is 34.6 Å². The van der Waals surface area contributed by atoms with Crippen LogP contribution in [0.2, 0.25) is 0 Å². The summed E-state index contributed by atoms with van der Waals surface area (Å²) in [5.41, 5.74) is -3.18. The summed E-state index contributed by atoms with van der Waals surface area (Å²) in [6.45, 7) is -1.08. The van der Waals surface area contributed by atoms with Crippen molar-refractivity contribution < 1.29 is 41.4 Å². The summed E-state index contributed by atoms with van der Waals surface area (Å²) in [7, 11) is 0. The number of carbonyl (C=O) groups is 2. The summed E-state index contributed by atoms with van der Waals surface area (Å²) in [6.07, 6.45) is 0.977. The summed E-state index contributed by atoms with van der Waals surface area (Å²) in [5, 5.41) is 12.7. The molecule has 3 heterocycles. The Morgan fingerprint density at radius 3 is 2.39 bits per heavy atom. The summed E-state index contributed by atoms with van der Waals surface area (Å²) >= 11 is 0. The first-order valence-corrected chi connectivity index (χ1v) is 10.4. The third-order valence-corrected chi connectivity index (χ3v) is 5.94. The fourth-order valence-corrected chi connectivity index (χ4v) is 4.17. The van der Waals surface area contributed by atoms with E-state index >= 15 is 0 Å². The molecule has 0 saturated carbocycles. The molecule has 1 atom stereocenters. The van der Waals surface area contributed by atoms with E-state index in [0.29, 0.717) is 12.1 Å². The predicted octanol–water partition coefficient (Wildman–Crippen LogP) is 2.77. The number of benzene rings is 2. The molecule has 0 spiro atoms. The van der Waals surface area contributed by atoms with Gasteiger partial charge in [-0.2, -0.15) is 0 Å². The lowest BCUT2D eigenvalue weighted by Gasteiger charge is -2.33. The summed E-state index contributed by atoms with van der Waals surface area (Å²) in [6, 6.07) is 1.57. The third kappa shape index (κ3) is 3.63. The number of hydrogen-bond acceptors (Lipinski definition) is 5. The molecule has 5 rings (SSSR count). The molecule has 2 aliphatic heterocycles. The molecule has 1 aromatic heterocycles. The highest BCUT2D eigenvalue weighted by Crippen LogP contribution is 2.39. The number of pyridine rings is 1. The van der Waals surface area contributed by atoms with Crippen LogP contribution >= 0.6 is 0 Å². The second-order valence-electron chi connectivity index (χ2n) is 8.12. The quantitative estimate of drug-likeness (QED) is 0.532. The van der Waals surface area contributed by atoms with Crippen molar-refractivity contribution in [1.29, 1.82) is 0 Å². The monoisotopic (exact) mass is 507 g/mol. The van der Waals surface area contributed by atoms with Crippen LogP contribution in [0, 0.1) is 29.1 Å². The van der Waals surface area contributed by atoms with Gasteiger partial charge < -0.3 is 24.6 Å². The number of nitrogens with zero attached hydrogens (tertiary/aromatic N) is 2. The van der Waals surface area contributed by atoms with Gasteiger partial charge in [0.15, 0.2) is 23.1 Å². The van der Waals surface area contributed by atoms with Gasteiger partial charge in [-0.25, -0.2) is 22.0 Å². The van der Waals surface area contributed by atoms with E-state index in [2.05, 4.69) is 5.32 Å². The van der Waals surface area contributed by atoms with Crippen LogP contribution in [0.15, 0.2) is 35.3 Å². The Morgan fingerprint density at radius 1 is 1.03 bits per heavy atom. The predicted molar refractivity (Wildman–Crippen MR) is 112 cm³/mol. The van der Waals surface area contributed by atoms with Gasteiger partial charge in [-0.05, 0) is 0 Å². The van der Waals surface area contributed by atoms with Gasteiger partial charge in [0.25, 0.3) is 11.8 Å². The van der Waals surface area contributed by atoms with Gasteiger partial charge in [-0.15, -0.1) is 0 Å². The molecule has 13 heteroatoms. The number of rotatable bonds is 3. The fourth-order valence-electron chi connectivity index (χ4n) is 4.17. The zero-order valence-electron chi connectivity index (χ0n) is 17.9. The average molecular weight is 507 g/mol. The maximum atomic E-state index is 13.9. The minimum absolute atomic E-state index is 0.107. The number of halogens is 5. The van der Waals surface area contributed by atoms with Gasteiger partial charge in [0, 0.05) is 42.6 Å². The molecule has 8 nitrogen and oxygen atoms in total. The molecular weight excluding hydrogens is 493 g/mol. The van der Waals surface area contributed by atoms with Crippen molar-refractivity contribution in [2.24, 2.45) is 0 Å². The highest BCUT2D eigenvalue weighted by molar-refractivity contribution is 6.09. The van der Waals surface area contributed by atoms with Crippen molar-refractivity contribution in [2.45, 2.75) is 12.6 Å². The van der Waals surface area contributed by atoms with Gasteiger partial charge in [0.05, 0.1) is 18.3 Å². The number of nitrogens with one attached hydrogen (secondary N) is 1. The second kappa shape index (κ2) is 8.36. The lowest BCUT2D eigenvalue weighted by Crippen LogP contribution is -2.45. The van der Waals surface area contributed by atoms with E-state index in [4.69, 9.17) is 4.74 Å². The van der Waals surface area contributed by atoms with Gasteiger partial charge in [-0.3, -0.25) is 14.4 Å². The minimum atomic E-state index is -1.26. The fraction of sp³-hybridized carbons (Fsp3) is 0.174. The van der Waals surface area contributed by atoms with Crippen molar-refractivity contribution in [3.05, 3.63) is 86.6 Å². The zero-order valence-corrected chi connectivity index (χ0v) is 17.9. The van der Waals surface area contributed by atoms with E-state index in [1.165, 1.54) is 0 Å². The van der Waals surface area contributed by atoms with Gasteiger partial charge in [0.2, 0.25) is 5.43 Å². The van der Waals surface area contributed by atoms with Crippen LogP contribution in [0.4, 0.5) is 27.6 Å². The molecule has 0 fully saturated rings. The van der Waals surface area contributed by atoms with Crippen LogP contribution < -0.4 is 20.4 Å². The maximum Gasteiger partial charge on any atom is 0.279 e. The molecule has 0 unspecified atom stereocenters. The van der Waals surface area contributed by atoms with E-state index in [0.717, 1.165) is 27.8 Å². The van der Waals surface area contributed by atoms with Crippen LogP contribution in [0.25, 0.3) is 0 Å². The molecule has 186 valence electrons. The highest BCUT2D eigenvalue weighted by Gasteiger charge is 2.40. The molecule has 0 saturated heterocycles. The Hall–Kier alpha value is -4.42. The Labute approximate surface area is 198 Å². The van der Waals surface area contributed by atoms with Crippen molar-refractivity contribution in [1.82, 2.24) is 9.88 Å².